The van der Waals surface area contributed by atoms with Gasteiger partial charge in [-0.15, -0.1) is 11.3 Å². The summed E-state index contributed by atoms with van der Waals surface area (Å²) in [5.74, 6) is 0. The molecule has 2 N–H and O–H groups in total. The van der Waals surface area contributed by atoms with Gasteiger partial charge in [0.2, 0.25) is 0 Å². The van der Waals surface area contributed by atoms with Crippen molar-refractivity contribution in [1.82, 2.24) is 4.98 Å². The average molecular weight is 222 g/mol. The molecule has 0 fully saturated rings. The molecule has 0 aliphatic rings. The Morgan fingerprint density at radius 3 is 3.07 bits per heavy atom. The zero-order chi connectivity index (χ0) is 9.80. The Balaban J connectivity index is 2.24. The Hall–Kier alpha value is -0.840. The van der Waals surface area contributed by atoms with Gasteiger partial charge in [0.1, 0.15) is 0 Å². The molecule has 0 bridgehead atoms. The molecule has 2 aromatic heterocycles. The van der Waals surface area contributed by atoms with Crippen LogP contribution < -0.4 is 5.73 Å². The summed E-state index contributed by atoms with van der Waals surface area (Å²) in [5.41, 5.74) is 6.73. The molecule has 0 saturated carbocycles. The molecule has 2 nitrogen and oxygen atoms in total. The minimum Gasteiger partial charge on any atom is -0.326 e. The van der Waals surface area contributed by atoms with E-state index in [1.165, 1.54) is 9.10 Å². The Morgan fingerprint density at radius 1 is 1.43 bits per heavy atom. The Kier molecular flexibility index (Phi) is 3.18. The van der Waals surface area contributed by atoms with Gasteiger partial charge in [-0.1, -0.05) is 17.8 Å². The first-order valence-corrected chi connectivity index (χ1v) is 5.94. The van der Waals surface area contributed by atoms with Crippen molar-refractivity contribution >= 4 is 23.1 Å². The zero-order valence-electron chi connectivity index (χ0n) is 7.51. The molecule has 0 aliphatic heterocycles. The lowest BCUT2D eigenvalue weighted by molar-refractivity contribution is 1.00. The normalized spacial score (nSPS) is 10.4. The van der Waals surface area contributed by atoms with Crippen LogP contribution in [0.3, 0.4) is 0 Å². The minimum absolute atomic E-state index is 0.543. The van der Waals surface area contributed by atoms with E-state index in [1.807, 2.05) is 12.3 Å². The van der Waals surface area contributed by atoms with Gasteiger partial charge in [-0.3, -0.25) is 4.98 Å². The summed E-state index contributed by atoms with van der Waals surface area (Å²) in [6.45, 7) is 0.543. The maximum absolute atomic E-state index is 5.63. The van der Waals surface area contributed by atoms with Gasteiger partial charge in [0.15, 0.2) is 0 Å². The van der Waals surface area contributed by atoms with Crippen molar-refractivity contribution in [2.24, 2.45) is 5.73 Å². The number of nitrogens with zero attached hydrogens (tertiary/aromatic N) is 1. The van der Waals surface area contributed by atoms with E-state index in [2.05, 4.69) is 22.5 Å². The summed E-state index contributed by atoms with van der Waals surface area (Å²) in [6.07, 6.45) is 3.63. The van der Waals surface area contributed by atoms with E-state index in [-0.39, 0.29) is 0 Å². The maximum Gasteiger partial charge on any atom is 0.0646 e. The highest BCUT2D eigenvalue weighted by Gasteiger charge is 2.02. The lowest BCUT2D eigenvalue weighted by Gasteiger charge is -2.03. The van der Waals surface area contributed by atoms with Crippen molar-refractivity contribution in [2.75, 3.05) is 0 Å². The van der Waals surface area contributed by atoms with Crippen molar-refractivity contribution in [3.8, 4) is 0 Å². The van der Waals surface area contributed by atoms with Gasteiger partial charge in [-0.2, -0.15) is 0 Å². The van der Waals surface area contributed by atoms with E-state index < -0.39 is 0 Å². The smallest absolute Gasteiger partial charge is 0.0646 e. The second-order valence-electron chi connectivity index (χ2n) is 2.72. The maximum atomic E-state index is 5.63. The molecular weight excluding hydrogens is 212 g/mol. The molecule has 14 heavy (non-hydrogen) atoms. The molecule has 0 atom stereocenters. The van der Waals surface area contributed by atoms with E-state index in [0.29, 0.717) is 6.54 Å². The van der Waals surface area contributed by atoms with Crippen LogP contribution in [0.15, 0.2) is 45.1 Å². The van der Waals surface area contributed by atoms with Crippen LogP contribution in [0.4, 0.5) is 0 Å². The number of rotatable bonds is 3. The second-order valence-corrected chi connectivity index (χ2v) is 5.01. The van der Waals surface area contributed by atoms with Gasteiger partial charge in [0, 0.05) is 23.8 Å². The van der Waals surface area contributed by atoms with E-state index in [0.717, 1.165) is 5.56 Å². The number of pyridine rings is 1. The number of nitrogens with two attached hydrogens (primary N) is 1. The van der Waals surface area contributed by atoms with Gasteiger partial charge >= 0.3 is 0 Å². The lowest BCUT2D eigenvalue weighted by atomic mass is 10.3. The molecule has 0 amide bonds. The van der Waals surface area contributed by atoms with Crippen LogP contribution in [-0.4, -0.2) is 4.98 Å². The first-order valence-electron chi connectivity index (χ1n) is 4.24. The molecule has 2 aromatic rings. The minimum atomic E-state index is 0.543. The summed E-state index contributed by atoms with van der Waals surface area (Å²) in [5, 5.41) is 2.08. The summed E-state index contributed by atoms with van der Waals surface area (Å²) in [7, 11) is 0. The second kappa shape index (κ2) is 4.59. The first-order chi connectivity index (χ1) is 6.90. The average Bonchev–Trinajstić information content (AvgIpc) is 2.71. The molecular formula is C10H10N2S2. The fourth-order valence-electron chi connectivity index (χ4n) is 1.10. The first kappa shape index (κ1) is 9.71. The van der Waals surface area contributed by atoms with Crippen LogP contribution in [0.5, 0.6) is 0 Å². The quantitative estimate of drug-likeness (QED) is 0.868. The van der Waals surface area contributed by atoms with Crippen LogP contribution in [0.1, 0.15) is 5.56 Å². The van der Waals surface area contributed by atoms with Gasteiger partial charge in [-0.05, 0) is 23.1 Å². The predicted molar refractivity (Wildman–Crippen MR) is 60.6 cm³/mol. The molecule has 0 saturated heterocycles. The number of thiophene rings is 1. The van der Waals surface area contributed by atoms with E-state index in [1.54, 1.807) is 29.3 Å². The monoisotopic (exact) mass is 222 g/mol. The molecule has 0 spiro atoms. The van der Waals surface area contributed by atoms with Gasteiger partial charge < -0.3 is 5.73 Å². The topological polar surface area (TPSA) is 38.9 Å². The predicted octanol–water partition coefficient (Wildman–Crippen LogP) is 2.75. The van der Waals surface area contributed by atoms with Gasteiger partial charge in [0.05, 0.1) is 4.21 Å². The van der Waals surface area contributed by atoms with Crippen LogP contribution in [0.2, 0.25) is 0 Å². The molecule has 0 radical (unpaired) electrons. The Labute approximate surface area is 91.2 Å². The van der Waals surface area contributed by atoms with Crippen molar-refractivity contribution in [3.05, 3.63) is 41.5 Å². The highest BCUT2D eigenvalue weighted by molar-refractivity contribution is 8.01. The summed E-state index contributed by atoms with van der Waals surface area (Å²) in [4.78, 5) is 5.25. The van der Waals surface area contributed by atoms with E-state index >= 15 is 0 Å². The summed E-state index contributed by atoms with van der Waals surface area (Å²) in [6, 6.07) is 6.17. The van der Waals surface area contributed by atoms with Crippen LogP contribution in [0, 0.1) is 0 Å². The molecule has 2 heterocycles. The lowest BCUT2D eigenvalue weighted by Crippen LogP contribution is -1.98. The Morgan fingerprint density at radius 2 is 2.36 bits per heavy atom. The van der Waals surface area contributed by atoms with Crippen molar-refractivity contribution < 1.29 is 0 Å². The third-order valence-electron chi connectivity index (χ3n) is 1.78. The summed E-state index contributed by atoms with van der Waals surface area (Å²) >= 11 is 3.48. The molecule has 0 aliphatic carbocycles. The highest BCUT2D eigenvalue weighted by Crippen LogP contribution is 2.32. The SMILES string of the molecule is NCc1cnccc1Sc1cccs1. The van der Waals surface area contributed by atoms with Crippen LogP contribution in [0.25, 0.3) is 0 Å². The van der Waals surface area contributed by atoms with E-state index in [4.69, 9.17) is 5.73 Å². The third-order valence-corrected chi connectivity index (χ3v) is 3.94. The van der Waals surface area contributed by atoms with Gasteiger partial charge in [0.25, 0.3) is 0 Å². The Bertz CT molecular complexity index is 398. The van der Waals surface area contributed by atoms with Crippen LogP contribution in [-0.2, 0) is 6.54 Å². The zero-order valence-corrected chi connectivity index (χ0v) is 9.15. The van der Waals surface area contributed by atoms with E-state index in [9.17, 15) is 0 Å². The largest absolute Gasteiger partial charge is 0.326 e. The molecule has 2 rings (SSSR count). The fourth-order valence-corrected chi connectivity index (χ4v) is 2.93. The number of hydrogen-bond acceptors (Lipinski definition) is 4. The molecule has 4 heteroatoms. The molecule has 72 valence electrons. The number of aromatic nitrogens is 1. The standard InChI is InChI=1S/C10H10N2S2/c11-6-8-7-12-4-3-9(8)14-10-2-1-5-13-10/h1-5,7H,6,11H2. The molecule has 0 unspecified atom stereocenters. The third kappa shape index (κ3) is 2.15. The summed E-state index contributed by atoms with van der Waals surface area (Å²) < 4.78 is 1.28. The highest BCUT2D eigenvalue weighted by atomic mass is 32.2. The fraction of sp³-hybridized carbons (Fsp3) is 0.100. The van der Waals surface area contributed by atoms with Crippen molar-refractivity contribution in [3.63, 3.8) is 0 Å². The van der Waals surface area contributed by atoms with Gasteiger partial charge in [-0.25, -0.2) is 0 Å². The molecule has 0 aromatic carbocycles. The van der Waals surface area contributed by atoms with Crippen LogP contribution >= 0.6 is 23.1 Å². The van der Waals surface area contributed by atoms with Crippen molar-refractivity contribution in [2.45, 2.75) is 15.6 Å². The van der Waals surface area contributed by atoms with Crippen molar-refractivity contribution in [1.29, 1.82) is 0 Å². The number of hydrogen-bond donors (Lipinski definition) is 1.